The highest BCUT2D eigenvalue weighted by Crippen LogP contribution is 2.19. The van der Waals surface area contributed by atoms with Gasteiger partial charge in [-0.25, -0.2) is 9.67 Å². The van der Waals surface area contributed by atoms with Gasteiger partial charge in [0.2, 0.25) is 0 Å². The molecule has 0 amide bonds. The summed E-state index contributed by atoms with van der Waals surface area (Å²) in [5, 5.41) is 11.1. The Morgan fingerprint density at radius 3 is 2.48 bits per heavy atom. The largest absolute Gasteiger partial charge is 0.354 e. The predicted molar refractivity (Wildman–Crippen MR) is 126 cm³/mol. The molecule has 0 aliphatic rings. The minimum absolute atomic E-state index is 0.292. The molecule has 0 aliphatic heterocycles. The van der Waals surface area contributed by atoms with Crippen molar-refractivity contribution in [1.82, 2.24) is 30.3 Å². The smallest absolute Gasteiger partial charge is 0.191 e. The summed E-state index contributed by atoms with van der Waals surface area (Å²) >= 11 is 0. The van der Waals surface area contributed by atoms with Crippen molar-refractivity contribution in [3.05, 3.63) is 83.9 Å². The molecule has 0 bridgehead atoms. The van der Waals surface area contributed by atoms with Crippen molar-refractivity contribution < 1.29 is 0 Å². The maximum absolute atomic E-state index is 4.42. The van der Waals surface area contributed by atoms with E-state index in [2.05, 4.69) is 99.1 Å². The van der Waals surface area contributed by atoms with E-state index in [0.717, 1.165) is 25.6 Å². The number of hydrogen-bond acceptors (Lipinski definition) is 4. The van der Waals surface area contributed by atoms with E-state index in [1.165, 1.54) is 16.7 Å². The summed E-state index contributed by atoms with van der Waals surface area (Å²) in [5.74, 6) is 0.801. The van der Waals surface area contributed by atoms with E-state index in [4.69, 9.17) is 0 Å². The molecule has 0 saturated heterocycles. The highest BCUT2D eigenvalue weighted by molar-refractivity contribution is 5.79. The van der Waals surface area contributed by atoms with Crippen LogP contribution in [0.15, 0.2) is 72.2 Å². The van der Waals surface area contributed by atoms with Crippen molar-refractivity contribution in [2.75, 3.05) is 26.7 Å². The zero-order valence-electron chi connectivity index (χ0n) is 18.7. The van der Waals surface area contributed by atoms with Gasteiger partial charge in [-0.05, 0) is 29.8 Å². The first-order valence-electron chi connectivity index (χ1n) is 10.9. The van der Waals surface area contributed by atoms with E-state index in [1.807, 2.05) is 11.7 Å². The van der Waals surface area contributed by atoms with Crippen LogP contribution in [-0.2, 0) is 13.1 Å². The minimum Gasteiger partial charge on any atom is -0.354 e. The van der Waals surface area contributed by atoms with Crippen molar-refractivity contribution in [2.24, 2.45) is 4.99 Å². The highest BCUT2D eigenvalue weighted by Gasteiger charge is 2.18. The van der Waals surface area contributed by atoms with Gasteiger partial charge < -0.3 is 10.6 Å². The fourth-order valence-corrected chi connectivity index (χ4v) is 3.74. The Labute approximate surface area is 185 Å². The van der Waals surface area contributed by atoms with Crippen molar-refractivity contribution in [3.8, 4) is 0 Å². The van der Waals surface area contributed by atoms with Crippen LogP contribution < -0.4 is 10.6 Å². The first-order chi connectivity index (χ1) is 15.2. The number of rotatable bonds is 10. The normalized spacial score (nSPS) is 12.7. The number of aromatic nitrogens is 3. The fourth-order valence-electron chi connectivity index (χ4n) is 3.74. The van der Waals surface area contributed by atoms with E-state index in [1.54, 1.807) is 12.7 Å². The third-order valence-corrected chi connectivity index (χ3v) is 5.39. The summed E-state index contributed by atoms with van der Waals surface area (Å²) in [6, 6.07) is 19.4. The maximum atomic E-state index is 4.42. The molecular formula is C24H33N7. The molecular weight excluding hydrogens is 386 g/mol. The molecule has 2 N–H and O–H groups in total. The van der Waals surface area contributed by atoms with Gasteiger partial charge in [-0.3, -0.25) is 9.89 Å². The van der Waals surface area contributed by atoms with Crippen molar-refractivity contribution >= 4 is 5.96 Å². The molecule has 0 radical (unpaired) electrons. The second-order valence-electron chi connectivity index (χ2n) is 7.37. The Balaban J connectivity index is 1.58. The van der Waals surface area contributed by atoms with Crippen LogP contribution in [-0.4, -0.2) is 52.3 Å². The monoisotopic (exact) mass is 419 g/mol. The summed E-state index contributed by atoms with van der Waals surface area (Å²) in [6.45, 7) is 8.62. The summed E-state index contributed by atoms with van der Waals surface area (Å²) in [5.41, 5.74) is 3.71. The number of aliphatic imine (C=N–C) groups is 1. The number of hydrogen-bond donors (Lipinski definition) is 2. The summed E-state index contributed by atoms with van der Waals surface area (Å²) in [4.78, 5) is 10.9. The van der Waals surface area contributed by atoms with Crippen LogP contribution in [0, 0.1) is 0 Å². The molecule has 3 rings (SSSR count). The molecule has 7 heteroatoms. The Hall–Kier alpha value is -3.19. The molecule has 7 nitrogen and oxygen atoms in total. The van der Waals surface area contributed by atoms with E-state index < -0.39 is 0 Å². The van der Waals surface area contributed by atoms with Gasteiger partial charge in [0.1, 0.15) is 12.7 Å². The van der Waals surface area contributed by atoms with Crippen molar-refractivity contribution in [1.29, 1.82) is 0 Å². The van der Waals surface area contributed by atoms with Gasteiger partial charge >= 0.3 is 0 Å². The van der Waals surface area contributed by atoms with Crippen molar-refractivity contribution in [2.45, 2.75) is 33.0 Å². The van der Waals surface area contributed by atoms with Crippen LogP contribution in [0.2, 0.25) is 0 Å². The summed E-state index contributed by atoms with van der Waals surface area (Å²) < 4.78 is 1.82. The highest BCUT2D eigenvalue weighted by atomic mass is 15.3. The second kappa shape index (κ2) is 11.9. The third kappa shape index (κ3) is 6.65. The SMILES string of the molecule is CCN(CC)C(CNC(=NC)NCc1cccc(Cn2cncn2)c1)c1ccccc1. The van der Waals surface area contributed by atoms with Gasteiger partial charge in [0, 0.05) is 20.1 Å². The molecule has 164 valence electrons. The molecule has 0 aliphatic carbocycles. The standard InChI is InChI=1S/C24H33N7/c1-4-30(5-2)23(22-12-7-6-8-13-22)16-28-24(25-3)27-15-20-10-9-11-21(14-20)17-31-19-26-18-29-31/h6-14,18-19,23H,4-5,15-17H2,1-3H3,(H2,25,27,28). The van der Waals surface area contributed by atoms with Crippen LogP contribution >= 0.6 is 0 Å². The van der Waals surface area contributed by atoms with Crippen LogP contribution in [0.3, 0.4) is 0 Å². The Morgan fingerprint density at radius 1 is 1.03 bits per heavy atom. The van der Waals surface area contributed by atoms with Crippen LogP contribution in [0.1, 0.15) is 36.6 Å². The van der Waals surface area contributed by atoms with E-state index in [9.17, 15) is 0 Å². The Kier molecular flexibility index (Phi) is 8.60. The third-order valence-electron chi connectivity index (χ3n) is 5.39. The number of guanidine groups is 1. The first-order valence-corrected chi connectivity index (χ1v) is 10.9. The number of nitrogens with zero attached hydrogens (tertiary/aromatic N) is 5. The molecule has 3 aromatic rings. The van der Waals surface area contributed by atoms with Crippen LogP contribution in [0.25, 0.3) is 0 Å². The minimum atomic E-state index is 0.292. The first kappa shape index (κ1) is 22.5. The quantitative estimate of drug-likeness (QED) is 0.390. The van der Waals surface area contributed by atoms with Crippen molar-refractivity contribution in [3.63, 3.8) is 0 Å². The average Bonchev–Trinajstić information content (AvgIpc) is 3.32. The number of nitrogens with one attached hydrogen (secondary N) is 2. The van der Waals surface area contributed by atoms with Crippen LogP contribution in [0.5, 0.6) is 0 Å². The van der Waals surface area contributed by atoms with E-state index in [0.29, 0.717) is 19.1 Å². The zero-order valence-corrected chi connectivity index (χ0v) is 18.7. The molecule has 1 heterocycles. The second-order valence-corrected chi connectivity index (χ2v) is 7.37. The zero-order chi connectivity index (χ0) is 21.9. The lowest BCUT2D eigenvalue weighted by atomic mass is 10.1. The van der Waals surface area contributed by atoms with E-state index >= 15 is 0 Å². The van der Waals surface area contributed by atoms with Gasteiger partial charge in [-0.15, -0.1) is 0 Å². The molecule has 0 saturated carbocycles. The number of likely N-dealkylation sites (N-methyl/N-ethyl adjacent to an activating group) is 1. The Morgan fingerprint density at radius 2 is 1.81 bits per heavy atom. The fraction of sp³-hybridized carbons (Fsp3) is 0.375. The molecule has 1 unspecified atom stereocenters. The number of benzene rings is 2. The maximum Gasteiger partial charge on any atom is 0.191 e. The molecule has 31 heavy (non-hydrogen) atoms. The lowest BCUT2D eigenvalue weighted by Crippen LogP contribution is -2.43. The van der Waals surface area contributed by atoms with Gasteiger partial charge in [0.05, 0.1) is 12.6 Å². The lowest BCUT2D eigenvalue weighted by molar-refractivity contribution is 0.219. The molecule has 2 aromatic carbocycles. The van der Waals surface area contributed by atoms with E-state index in [-0.39, 0.29) is 0 Å². The molecule has 1 atom stereocenters. The van der Waals surface area contributed by atoms with Gasteiger partial charge in [0.15, 0.2) is 5.96 Å². The Bertz CT molecular complexity index is 918. The van der Waals surface area contributed by atoms with Gasteiger partial charge in [0.25, 0.3) is 0 Å². The molecule has 0 fully saturated rings. The van der Waals surface area contributed by atoms with Crippen LogP contribution in [0.4, 0.5) is 0 Å². The molecule has 0 spiro atoms. The average molecular weight is 420 g/mol. The van der Waals surface area contributed by atoms with Gasteiger partial charge in [-0.1, -0.05) is 68.4 Å². The summed E-state index contributed by atoms with van der Waals surface area (Å²) in [6.07, 6.45) is 3.29. The topological polar surface area (TPSA) is 70.4 Å². The molecule has 1 aromatic heterocycles. The van der Waals surface area contributed by atoms with Gasteiger partial charge in [-0.2, -0.15) is 5.10 Å². The lowest BCUT2D eigenvalue weighted by Gasteiger charge is -2.30. The predicted octanol–water partition coefficient (Wildman–Crippen LogP) is 3.07. The summed E-state index contributed by atoms with van der Waals surface area (Å²) in [7, 11) is 1.81.